The highest BCUT2D eigenvalue weighted by Gasteiger charge is 2.48. The van der Waals surface area contributed by atoms with Crippen LogP contribution in [-0.4, -0.2) is 49.9 Å². The monoisotopic (exact) mass is 399 g/mol. The second-order valence-corrected chi connectivity index (χ2v) is 8.25. The molecule has 156 valence electrons. The third-order valence-corrected chi connectivity index (χ3v) is 5.70. The van der Waals surface area contributed by atoms with Crippen LogP contribution in [0.15, 0.2) is 34.7 Å². The van der Waals surface area contributed by atoms with Gasteiger partial charge in [0.25, 0.3) is 0 Å². The van der Waals surface area contributed by atoms with Gasteiger partial charge in [0.2, 0.25) is 11.8 Å². The summed E-state index contributed by atoms with van der Waals surface area (Å²) >= 11 is 0. The number of carbonyl (C=O) groups is 1. The summed E-state index contributed by atoms with van der Waals surface area (Å²) in [7, 11) is 0. The molecule has 29 heavy (non-hydrogen) atoms. The van der Waals surface area contributed by atoms with E-state index in [-0.39, 0.29) is 12.0 Å². The van der Waals surface area contributed by atoms with Crippen molar-refractivity contribution in [2.24, 2.45) is 5.92 Å². The molecule has 2 fully saturated rings. The Morgan fingerprint density at radius 2 is 1.97 bits per heavy atom. The molecule has 1 aromatic carbocycles. The number of carbonyl (C=O) groups excluding carboxylic acids is 1. The summed E-state index contributed by atoms with van der Waals surface area (Å²) in [5, 5.41) is 3.43. The van der Waals surface area contributed by atoms with Crippen LogP contribution < -0.4 is 10.2 Å². The van der Waals surface area contributed by atoms with Gasteiger partial charge in [0, 0.05) is 25.6 Å². The van der Waals surface area contributed by atoms with Crippen molar-refractivity contribution in [2.45, 2.75) is 38.8 Å². The van der Waals surface area contributed by atoms with Gasteiger partial charge in [-0.3, -0.25) is 5.32 Å². The smallest absolute Gasteiger partial charge is 0.335 e. The Balaban J connectivity index is 1.70. The predicted octanol–water partition coefficient (Wildman–Crippen LogP) is 2.49. The number of oxazole rings is 1. The van der Waals surface area contributed by atoms with Gasteiger partial charge in [-0.05, 0) is 18.4 Å². The molecule has 0 bridgehead atoms. The number of ether oxygens (including phenoxy) is 2. The average molecular weight is 399 g/mol. The van der Waals surface area contributed by atoms with E-state index in [0.29, 0.717) is 38.1 Å². The molecule has 0 amide bonds. The number of anilines is 1. The molecular formula is C22H29N3O4. The SMILES string of the molecule is CC(C)[C@H]1COC(=O)[C@](C)(c2nc(Cc3ccccc3)c(N3CCOCC3)o2)N1. The summed E-state index contributed by atoms with van der Waals surface area (Å²) in [6.07, 6.45) is 0.635. The number of nitrogens with zero attached hydrogens (tertiary/aromatic N) is 2. The lowest BCUT2D eigenvalue weighted by atomic mass is 9.94. The lowest BCUT2D eigenvalue weighted by Crippen LogP contribution is -2.60. The van der Waals surface area contributed by atoms with Gasteiger partial charge in [0.1, 0.15) is 12.3 Å². The van der Waals surface area contributed by atoms with Gasteiger partial charge in [0.05, 0.1) is 13.2 Å². The zero-order chi connectivity index (χ0) is 20.4. The molecule has 2 aliphatic heterocycles. The maximum absolute atomic E-state index is 12.7. The minimum absolute atomic E-state index is 0.0500. The fourth-order valence-corrected chi connectivity index (χ4v) is 3.76. The molecule has 2 aliphatic rings. The van der Waals surface area contributed by atoms with E-state index in [0.717, 1.165) is 30.2 Å². The van der Waals surface area contributed by atoms with Gasteiger partial charge in [-0.1, -0.05) is 44.2 Å². The highest BCUT2D eigenvalue weighted by Crippen LogP contribution is 2.33. The Morgan fingerprint density at radius 3 is 2.66 bits per heavy atom. The van der Waals surface area contributed by atoms with Gasteiger partial charge >= 0.3 is 5.97 Å². The topological polar surface area (TPSA) is 76.8 Å². The average Bonchev–Trinajstić information content (AvgIpc) is 3.16. The van der Waals surface area contributed by atoms with E-state index < -0.39 is 5.54 Å². The van der Waals surface area contributed by atoms with Gasteiger partial charge in [-0.2, -0.15) is 0 Å². The first-order valence-electron chi connectivity index (χ1n) is 10.3. The van der Waals surface area contributed by atoms with Gasteiger partial charge < -0.3 is 18.8 Å². The summed E-state index contributed by atoms with van der Waals surface area (Å²) in [6.45, 7) is 9.13. The Hall–Kier alpha value is -2.38. The molecule has 2 atom stereocenters. The number of morpholine rings is 2. The number of hydrogen-bond donors (Lipinski definition) is 1. The molecule has 0 spiro atoms. The highest BCUT2D eigenvalue weighted by atomic mass is 16.5. The minimum atomic E-state index is -1.11. The van der Waals surface area contributed by atoms with Crippen molar-refractivity contribution in [3.05, 3.63) is 47.5 Å². The van der Waals surface area contributed by atoms with Gasteiger partial charge in [0.15, 0.2) is 5.54 Å². The largest absolute Gasteiger partial charge is 0.462 e. The van der Waals surface area contributed by atoms with Crippen molar-refractivity contribution in [1.82, 2.24) is 10.3 Å². The lowest BCUT2D eigenvalue weighted by molar-refractivity contribution is -0.161. The van der Waals surface area contributed by atoms with Crippen LogP contribution in [0, 0.1) is 5.92 Å². The van der Waals surface area contributed by atoms with Crippen molar-refractivity contribution in [1.29, 1.82) is 0 Å². The van der Waals surface area contributed by atoms with E-state index in [1.165, 1.54) is 0 Å². The van der Waals surface area contributed by atoms with Crippen molar-refractivity contribution in [3.63, 3.8) is 0 Å². The molecule has 2 saturated heterocycles. The lowest BCUT2D eigenvalue weighted by Gasteiger charge is -2.37. The maximum atomic E-state index is 12.7. The molecule has 0 saturated carbocycles. The second kappa shape index (κ2) is 8.16. The van der Waals surface area contributed by atoms with E-state index in [9.17, 15) is 4.79 Å². The standard InChI is InChI=1S/C22H29N3O4/c1-15(2)18-14-28-21(26)22(3,24-18)20-23-17(13-16-7-5-4-6-8-16)19(29-20)25-9-11-27-12-10-25/h4-8,15,18,24H,9-14H2,1-3H3/t18-,22+/m1/s1. The van der Waals surface area contributed by atoms with E-state index in [1.54, 1.807) is 6.92 Å². The summed E-state index contributed by atoms with van der Waals surface area (Å²) in [5.41, 5.74) is 0.866. The molecule has 0 unspecified atom stereocenters. The number of benzene rings is 1. The third kappa shape index (κ3) is 4.02. The first-order chi connectivity index (χ1) is 14.0. The van der Waals surface area contributed by atoms with Crippen LogP contribution in [0.25, 0.3) is 0 Å². The molecular weight excluding hydrogens is 370 g/mol. The zero-order valence-electron chi connectivity index (χ0n) is 17.3. The Bertz CT molecular complexity index is 845. The van der Waals surface area contributed by atoms with Gasteiger partial charge in [-0.25, -0.2) is 9.78 Å². The summed E-state index contributed by atoms with van der Waals surface area (Å²) < 4.78 is 17.3. The molecule has 7 heteroatoms. The van der Waals surface area contributed by atoms with Crippen molar-refractivity contribution in [3.8, 4) is 0 Å². The molecule has 3 heterocycles. The molecule has 0 aliphatic carbocycles. The van der Waals surface area contributed by atoms with Crippen LogP contribution in [0.1, 0.15) is 37.9 Å². The third-order valence-electron chi connectivity index (χ3n) is 5.70. The first kappa shape index (κ1) is 19.9. The molecule has 0 radical (unpaired) electrons. The molecule has 1 N–H and O–H groups in total. The Labute approximate surface area is 171 Å². The number of rotatable bonds is 5. The number of esters is 1. The van der Waals surface area contributed by atoms with E-state index in [2.05, 4.69) is 36.2 Å². The van der Waals surface area contributed by atoms with E-state index in [4.69, 9.17) is 18.9 Å². The van der Waals surface area contributed by atoms with Crippen LogP contribution in [0.3, 0.4) is 0 Å². The van der Waals surface area contributed by atoms with Crippen molar-refractivity contribution >= 4 is 11.9 Å². The number of hydrogen-bond acceptors (Lipinski definition) is 7. The summed E-state index contributed by atoms with van der Waals surface area (Å²) in [4.78, 5) is 19.7. The zero-order valence-corrected chi connectivity index (χ0v) is 17.3. The Kier molecular flexibility index (Phi) is 5.61. The van der Waals surface area contributed by atoms with Crippen LogP contribution >= 0.6 is 0 Å². The van der Waals surface area contributed by atoms with Gasteiger partial charge in [-0.15, -0.1) is 0 Å². The normalized spacial score (nSPS) is 25.3. The number of aromatic nitrogens is 1. The van der Waals surface area contributed by atoms with E-state index >= 15 is 0 Å². The number of cyclic esters (lactones) is 1. The fourth-order valence-electron chi connectivity index (χ4n) is 3.76. The number of nitrogens with one attached hydrogen (secondary N) is 1. The van der Waals surface area contributed by atoms with Crippen molar-refractivity contribution in [2.75, 3.05) is 37.8 Å². The van der Waals surface area contributed by atoms with E-state index in [1.807, 2.05) is 18.2 Å². The highest BCUT2D eigenvalue weighted by molar-refractivity contribution is 5.81. The molecule has 4 rings (SSSR count). The minimum Gasteiger partial charge on any atom is -0.462 e. The molecule has 7 nitrogen and oxygen atoms in total. The van der Waals surface area contributed by atoms with Crippen LogP contribution in [0.5, 0.6) is 0 Å². The predicted molar refractivity (Wildman–Crippen MR) is 109 cm³/mol. The Morgan fingerprint density at radius 1 is 1.24 bits per heavy atom. The molecule has 1 aromatic heterocycles. The summed E-state index contributed by atoms with van der Waals surface area (Å²) in [6, 6.07) is 10.2. The maximum Gasteiger partial charge on any atom is 0.335 e. The van der Waals surface area contributed by atoms with Crippen LogP contribution in [0.4, 0.5) is 5.88 Å². The van der Waals surface area contributed by atoms with Crippen molar-refractivity contribution < 1.29 is 18.7 Å². The molecule has 2 aromatic rings. The second-order valence-electron chi connectivity index (χ2n) is 8.25. The fraction of sp³-hybridized carbons (Fsp3) is 0.545. The first-order valence-corrected chi connectivity index (χ1v) is 10.3. The van der Waals surface area contributed by atoms with Crippen LogP contribution in [0.2, 0.25) is 0 Å². The quantitative estimate of drug-likeness (QED) is 0.774. The van der Waals surface area contributed by atoms with Crippen LogP contribution in [-0.2, 0) is 26.2 Å². The summed E-state index contributed by atoms with van der Waals surface area (Å²) in [5.74, 6) is 1.05.